The van der Waals surface area contributed by atoms with Gasteiger partial charge in [-0.05, 0) is 40.8 Å². The van der Waals surface area contributed by atoms with E-state index in [-0.39, 0.29) is 11.5 Å². The van der Waals surface area contributed by atoms with Gasteiger partial charge in [0, 0.05) is 22.3 Å². The number of aromatic nitrogens is 4. The highest BCUT2D eigenvalue weighted by Gasteiger charge is 2.15. The van der Waals surface area contributed by atoms with Crippen molar-refractivity contribution >= 4 is 17.3 Å². The van der Waals surface area contributed by atoms with Crippen molar-refractivity contribution in [1.29, 1.82) is 0 Å². The number of nitrogens with two attached hydrogens (primary N) is 1. The Kier molecular flexibility index (Phi) is 3.26. The Balaban J connectivity index is 2.17. The van der Waals surface area contributed by atoms with Crippen LogP contribution in [0.4, 0.5) is 14.5 Å². The monoisotopic (exact) mass is 307 g/mol. The number of hydrogen-bond acceptors (Lipinski definition) is 4. The van der Waals surface area contributed by atoms with Crippen LogP contribution in [0.2, 0.25) is 5.02 Å². The number of anilines is 1. The van der Waals surface area contributed by atoms with Gasteiger partial charge >= 0.3 is 0 Å². The van der Waals surface area contributed by atoms with Gasteiger partial charge in [0.15, 0.2) is 5.82 Å². The van der Waals surface area contributed by atoms with Gasteiger partial charge < -0.3 is 5.73 Å². The van der Waals surface area contributed by atoms with Crippen LogP contribution in [-0.4, -0.2) is 20.2 Å². The van der Waals surface area contributed by atoms with Gasteiger partial charge in [-0.2, -0.15) is 4.68 Å². The molecular weight excluding hydrogens is 300 g/mol. The van der Waals surface area contributed by atoms with Crippen molar-refractivity contribution in [3.8, 4) is 17.1 Å². The van der Waals surface area contributed by atoms with Crippen LogP contribution >= 0.6 is 11.6 Å². The van der Waals surface area contributed by atoms with E-state index in [1.54, 1.807) is 18.2 Å². The summed E-state index contributed by atoms with van der Waals surface area (Å²) >= 11 is 5.84. The minimum absolute atomic E-state index is 0.154. The molecule has 1 aromatic heterocycles. The van der Waals surface area contributed by atoms with Crippen LogP contribution in [-0.2, 0) is 0 Å². The van der Waals surface area contributed by atoms with E-state index >= 15 is 0 Å². The molecule has 2 N–H and O–H groups in total. The first kappa shape index (κ1) is 13.4. The van der Waals surface area contributed by atoms with Gasteiger partial charge in [-0.1, -0.05) is 11.6 Å². The molecule has 0 radical (unpaired) electrons. The Morgan fingerprint density at radius 1 is 1.05 bits per heavy atom. The molecule has 2 aromatic carbocycles. The fourth-order valence-electron chi connectivity index (χ4n) is 1.93. The molecule has 1 heterocycles. The van der Waals surface area contributed by atoms with Gasteiger partial charge in [-0.15, -0.1) is 5.10 Å². The summed E-state index contributed by atoms with van der Waals surface area (Å²) in [6, 6.07) is 7.81. The van der Waals surface area contributed by atoms with Crippen LogP contribution < -0.4 is 5.73 Å². The second-order valence-electron chi connectivity index (χ2n) is 4.27. The number of halogens is 3. The molecule has 5 nitrogen and oxygen atoms in total. The molecule has 3 rings (SSSR count). The lowest BCUT2D eigenvalue weighted by atomic mass is 10.1. The van der Waals surface area contributed by atoms with E-state index in [0.29, 0.717) is 16.3 Å². The van der Waals surface area contributed by atoms with Crippen molar-refractivity contribution in [2.45, 2.75) is 0 Å². The van der Waals surface area contributed by atoms with Crippen molar-refractivity contribution in [2.75, 3.05) is 5.73 Å². The van der Waals surface area contributed by atoms with E-state index in [1.165, 1.54) is 4.68 Å². The van der Waals surface area contributed by atoms with Crippen molar-refractivity contribution in [3.63, 3.8) is 0 Å². The third kappa shape index (κ3) is 2.55. The quantitative estimate of drug-likeness (QED) is 0.739. The number of tetrazole rings is 1. The highest BCUT2D eigenvalue weighted by molar-refractivity contribution is 6.31. The topological polar surface area (TPSA) is 69.6 Å². The highest BCUT2D eigenvalue weighted by Crippen LogP contribution is 2.28. The average molecular weight is 308 g/mol. The third-order valence-electron chi connectivity index (χ3n) is 2.82. The van der Waals surface area contributed by atoms with E-state index in [0.717, 1.165) is 18.2 Å². The van der Waals surface area contributed by atoms with Crippen LogP contribution in [0.3, 0.4) is 0 Å². The van der Waals surface area contributed by atoms with Crippen molar-refractivity contribution in [1.82, 2.24) is 20.2 Å². The summed E-state index contributed by atoms with van der Waals surface area (Å²) in [5.41, 5.74) is 6.90. The van der Waals surface area contributed by atoms with E-state index in [4.69, 9.17) is 17.3 Å². The second-order valence-corrected chi connectivity index (χ2v) is 4.71. The van der Waals surface area contributed by atoms with Gasteiger partial charge in [-0.25, -0.2) is 8.78 Å². The number of benzene rings is 2. The van der Waals surface area contributed by atoms with Gasteiger partial charge in [0.2, 0.25) is 0 Å². The molecule has 0 saturated heterocycles. The summed E-state index contributed by atoms with van der Waals surface area (Å²) in [5, 5.41) is 11.6. The summed E-state index contributed by atoms with van der Waals surface area (Å²) in [4.78, 5) is 0. The number of rotatable bonds is 2. The third-order valence-corrected chi connectivity index (χ3v) is 3.05. The SMILES string of the molecule is Nc1cc(Cl)ccc1-c1nnnn1-c1cc(F)cc(F)c1. The van der Waals surface area contributed by atoms with Crippen molar-refractivity contribution in [3.05, 3.63) is 53.1 Å². The largest absolute Gasteiger partial charge is 0.398 e. The summed E-state index contributed by atoms with van der Waals surface area (Å²) in [6.45, 7) is 0. The lowest BCUT2D eigenvalue weighted by Gasteiger charge is -2.07. The zero-order valence-corrected chi connectivity index (χ0v) is 11.2. The minimum Gasteiger partial charge on any atom is -0.398 e. The summed E-state index contributed by atoms with van der Waals surface area (Å²) in [5.74, 6) is -1.19. The normalized spacial score (nSPS) is 10.8. The second kappa shape index (κ2) is 5.10. The van der Waals surface area contributed by atoms with E-state index < -0.39 is 11.6 Å². The zero-order valence-electron chi connectivity index (χ0n) is 10.5. The van der Waals surface area contributed by atoms with Crippen LogP contribution in [0.5, 0.6) is 0 Å². The van der Waals surface area contributed by atoms with E-state index in [1.807, 2.05) is 0 Å². The van der Waals surface area contributed by atoms with Crippen LogP contribution in [0.1, 0.15) is 0 Å². The average Bonchev–Trinajstić information content (AvgIpc) is 2.86. The molecule has 0 saturated carbocycles. The number of nitrogen functional groups attached to an aromatic ring is 1. The molecule has 0 aliphatic carbocycles. The maximum absolute atomic E-state index is 13.3. The summed E-state index contributed by atoms with van der Waals surface area (Å²) in [7, 11) is 0. The first-order valence-electron chi connectivity index (χ1n) is 5.85. The zero-order chi connectivity index (χ0) is 15.0. The lowest BCUT2D eigenvalue weighted by Crippen LogP contribution is -2.03. The predicted octanol–water partition coefficient (Wildman–Crippen LogP) is 2.84. The highest BCUT2D eigenvalue weighted by atomic mass is 35.5. The van der Waals surface area contributed by atoms with Crippen LogP contribution in [0.25, 0.3) is 17.1 Å². The fraction of sp³-hybridized carbons (Fsp3) is 0. The number of nitrogens with zero attached hydrogens (tertiary/aromatic N) is 4. The lowest BCUT2D eigenvalue weighted by molar-refractivity contribution is 0.579. The molecule has 0 aliphatic heterocycles. The smallest absolute Gasteiger partial charge is 0.189 e. The maximum atomic E-state index is 13.3. The minimum atomic E-state index is -0.726. The van der Waals surface area contributed by atoms with Gasteiger partial charge in [-0.3, -0.25) is 0 Å². The molecule has 0 bridgehead atoms. The van der Waals surface area contributed by atoms with Gasteiger partial charge in [0.05, 0.1) is 5.69 Å². The molecule has 0 atom stereocenters. The van der Waals surface area contributed by atoms with E-state index in [2.05, 4.69) is 15.5 Å². The molecule has 0 spiro atoms. The summed E-state index contributed by atoms with van der Waals surface area (Å²) < 4.78 is 27.8. The molecule has 0 amide bonds. The predicted molar refractivity (Wildman–Crippen MR) is 73.9 cm³/mol. The molecule has 3 aromatic rings. The molecular formula is C13H8ClF2N5. The summed E-state index contributed by atoms with van der Waals surface area (Å²) in [6.07, 6.45) is 0. The Morgan fingerprint density at radius 2 is 1.76 bits per heavy atom. The van der Waals surface area contributed by atoms with Crippen molar-refractivity contribution < 1.29 is 8.78 Å². The Bertz CT molecular complexity index is 798. The van der Waals surface area contributed by atoms with Gasteiger partial charge in [0.25, 0.3) is 0 Å². The first-order valence-corrected chi connectivity index (χ1v) is 6.22. The van der Waals surface area contributed by atoms with Gasteiger partial charge in [0.1, 0.15) is 11.6 Å². The van der Waals surface area contributed by atoms with Crippen molar-refractivity contribution in [2.24, 2.45) is 0 Å². The molecule has 8 heteroatoms. The molecule has 21 heavy (non-hydrogen) atoms. The Hall–Kier alpha value is -2.54. The van der Waals surface area contributed by atoms with E-state index in [9.17, 15) is 8.78 Å². The number of hydrogen-bond donors (Lipinski definition) is 1. The first-order chi connectivity index (χ1) is 10.0. The molecule has 0 unspecified atom stereocenters. The molecule has 106 valence electrons. The Labute approximate surface area is 123 Å². The molecule has 0 aliphatic rings. The Morgan fingerprint density at radius 3 is 2.43 bits per heavy atom. The van der Waals surface area contributed by atoms with Crippen LogP contribution in [0, 0.1) is 11.6 Å². The molecule has 0 fully saturated rings. The fourth-order valence-corrected chi connectivity index (χ4v) is 2.11. The van der Waals surface area contributed by atoms with Crippen LogP contribution in [0.15, 0.2) is 36.4 Å². The standard InChI is InChI=1S/C13H8ClF2N5/c14-7-1-2-11(12(17)3-7)13-18-19-20-21(13)10-5-8(15)4-9(16)6-10/h1-6H,17H2. The maximum Gasteiger partial charge on any atom is 0.189 e.